The molecule has 0 aliphatic rings. The fraction of sp³-hybridized carbons (Fsp3) is 0. The van der Waals surface area contributed by atoms with Crippen molar-refractivity contribution in [3.8, 4) is 0 Å². The molecule has 0 radical (unpaired) electrons. The molecule has 0 aromatic heterocycles. The summed E-state index contributed by atoms with van der Waals surface area (Å²) in [5.74, 6) is 0. The molecule has 0 aromatic carbocycles. The predicted octanol–water partition coefficient (Wildman–Crippen LogP) is -35.6. The quantitative estimate of drug-likeness (QED) is 0.185. The first-order chi connectivity index (χ1) is 8.66. The normalized spacial score (nSPS) is 4.00. The van der Waals surface area contributed by atoms with Crippen molar-refractivity contribution in [3.05, 3.63) is 0 Å². The molecular formula is C5Na10O10S5. The van der Waals surface area contributed by atoms with Gasteiger partial charge in [0.2, 0.25) is 0 Å². The largest absolute Gasteiger partial charge is 1.00 e. The van der Waals surface area contributed by atoms with E-state index in [-0.39, 0.29) is 296 Å². The summed E-state index contributed by atoms with van der Waals surface area (Å²) in [7, 11) is 0. The van der Waals surface area contributed by atoms with E-state index in [1.165, 1.54) is 0 Å². The van der Waals surface area contributed by atoms with Crippen LogP contribution in [0, 0.1) is 0 Å². The third-order valence-electron chi connectivity index (χ3n) is 0. The molecule has 0 heterocycles. The van der Waals surface area contributed by atoms with E-state index in [1.807, 2.05) is 0 Å². The molecule has 0 aromatic rings. The van der Waals surface area contributed by atoms with Crippen molar-refractivity contribution in [1.82, 2.24) is 0 Å². The average Bonchev–Trinajstić information content (AvgIpc) is 1.94. The molecular weight excluding hydrogens is 610 g/mol. The molecule has 30 heavy (non-hydrogen) atoms. The molecule has 10 nitrogen and oxygen atoms in total. The summed E-state index contributed by atoms with van der Waals surface area (Å²) >= 11 is 17.1. The van der Waals surface area contributed by atoms with E-state index in [4.69, 9.17) is 49.5 Å². The van der Waals surface area contributed by atoms with Crippen LogP contribution in [-0.4, -0.2) is 26.5 Å². The minimum absolute atomic E-state index is 0. The summed E-state index contributed by atoms with van der Waals surface area (Å²) < 4.78 is 0. The molecule has 0 saturated heterocycles. The standard InChI is InChI=1S/5CH2O2S.10Na/c5*2-1(3)4;;;;;;;;;;/h5*4H,(H,2,3);;;;;;;;;;/q;;;;;10*+1/p-10. The van der Waals surface area contributed by atoms with Gasteiger partial charge >= 0.3 is 296 Å². The maximum absolute atomic E-state index is 8.70. The molecule has 0 atom stereocenters. The first-order valence-electron chi connectivity index (χ1n) is 3.06. The first-order valence-corrected chi connectivity index (χ1v) is 5.10. The summed E-state index contributed by atoms with van der Waals surface area (Å²) in [6.07, 6.45) is 0. The van der Waals surface area contributed by atoms with E-state index >= 15 is 0 Å². The topological polar surface area (TPSA) is 201 Å². The molecule has 0 spiro atoms. The molecule has 25 heteroatoms. The van der Waals surface area contributed by atoms with Crippen molar-refractivity contribution in [1.29, 1.82) is 0 Å². The molecule has 0 N–H and O–H groups in total. The Morgan fingerprint density at radius 2 is 0.300 bits per heavy atom. The molecule has 0 aliphatic carbocycles. The van der Waals surface area contributed by atoms with Crippen LogP contribution in [0.25, 0.3) is 0 Å². The Hall–Kier alpha value is 8.45. The summed E-state index contributed by atoms with van der Waals surface area (Å²) in [6.45, 7) is 0. The molecule has 0 aliphatic heterocycles. The van der Waals surface area contributed by atoms with Gasteiger partial charge in [0.05, 0.1) is 0 Å². The van der Waals surface area contributed by atoms with Crippen molar-refractivity contribution in [3.63, 3.8) is 0 Å². The van der Waals surface area contributed by atoms with E-state index < -0.39 is 26.5 Å². The SMILES string of the molecule is O=C([O-])[S-].O=C([O-])[S-].O=C([O-])[S-].O=C([O-])[S-].O=C([O-])[S-].[Na+].[Na+].[Na+].[Na+].[Na+].[Na+].[Na+].[Na+].[Na+].[Na+]. The Bertz CT molecular complexity index is 242. The zero-order chi connectivity index (χ0) is 17.9. The molecule has 0 unspecified atom stereocenters. The van der Waals surface area contributed by atoms with E-state index in [1.54, 1.807) is 0 Å². The fourth-order valence-corrected chi connectivity index (χ4v) is 0. The molecule has 0 saturated carbocycles. The van der Waals surface area contributed by atoms with Gasteiger partial charge in [0, 0.05) is 0 Å². The second-order valence-corrected chi connectivity index (χ2v) is 2.92. The maximum atomic E-state index is 8.70. The number of carbonyl (C=O) groups is 5. The number of hydrogen-bond acceptors (Lipinski definition) is 15. The van der Waals surface area contributed by atoms with Crippen molar-refractivity contribution < 1.29 is 345 Å². The van der Waals surface area contributed by atoms with E-state index in [0.717, 1.165) is 0 Å². The number of carbonyl (C=O) groups excluding carboxylic acids is 5. The maximum Gasteiger partial charge on any atom is 1.00 e. The number of carboxylic acid groups (broad SMARTS) is 5. The van der Waals surface area contributed by atoms with Crippen LogP contribution >= 0.6 is 0 Å². The van der Waals surface area contributed by atoms with Crippen LogP contribution in [-0.2, 0) is 63.1 Å². The van der Waals surface area contributed by atoms with Crippen LogP contribution in [0.2, 0.25) is 0 Å². The van der Waals surface area contributed by atoms with Crippen LogP contribution in [0.1, 0.15) is 0 Å². The van der Waals surface area contributed by atoms with Gasteiger partial charge in [-0.15, -0.1) is 0 Å². The summed E-state index contributed by atoms with van der Waals surface area (Å²) in [5, 5.41) is 36.0. The van der Waals surface area contributed by atoms with Gasteiger partial charge in [0.1, 0.15) is 0 Å². The van der Waals surface area contributed by atoms with Gasteiger partial charge in [-0.25, -0.2) is 0 Å². The van der Waals surface area contributed by atoms with Gasteiger partial charge < -0.3 is 113 Å². The van der Waals surface area contributed by atoms with E-state index in [9.17, 15) is 0 Å². The fourth-order valence-electron chi connectivity index (χ4n) is 0. The van der Waals surface area contributed by atoms with Crippen molar-refractivity contribution in [2.75, 3.05) is 0 Å². The Morgan fingerprint density at radius 3 is 0.300 bits per heavy atom. The first kappa shape index (κ1) is 98.1. The third-order valence-corrected chi connectivity index (χ3v) is 0. The van der Waals surface area contributed by atoms with Crippen LogP contribution in [0.5, 0.6) is 0 Å². The minimum atomic E-state index is -1.50. The van der Waals surface area contributed by atoms with Crippen LogP contribution in [0.4, 0.5) is 24.0 Å². The smallest absolute Gasteiger partial charge is 0.764 e. The van der Waals surface area contributed by atoms with Gasteiger partial charge in [-0.3, -0.25) is 0 Å². The van der Waals surface area contributed by atoms with Crippen LogP contribution < -0.4 is 321 Å². The van der Waals surface area contributed by atoms with E-state index in [2.05, 4.69) is 63.1 Å². The zero-order valence-electron chi connectivity index (χ0n) is 18.6. The van der Waals surface area contributed by atoms with Crippen molar-refractivity contribution >= 4 is 89.7 Å². The number of rotatable bonds is 0. The molecule has 120 valence electrons. The number of hydrogen-bond donors (Lipinski definition) is 0. The molecule has 0 amide bonds. The Balaban J connectivity index is -0.00000000666. The second-order valence-electron chi connectivity index (χ2n) is 1.25. The molecule has 0 bridgehead atoms. The average molecular weight is 610 g/mol. The Kier molecular flexibility index (Phi) is 296. The van der Waals surface area contributed by atoms with Gasteiger partial charge in [-0.05, 0) is 0 Å². The predicted molar refractivity (Wildman–Crippen MR) is 63.8 cm³/mol. The third kappa shape index (κ3) is 642. The van der Waals surface area contributed by atoms with Crippen molar-refractivity contribution in [2.45, 2.75) is 0 Å². The van der Waals surface area contributed by atoms with E-state index in [0.29, 0.717) is 0 Å². The summed E-state index contributed by atoms with van der Waals surface area (Å²) in [5.41, 5.74) is 0. The molecule has 0 fully saturated rings. The van der Waals surface area contributed by atoms with Gasteiger partial charge in [0.25, 0.3) is 0 Å². The van der Waals surface area contributed by atoms with Gasteiger partial charge in [-0.1, -0.05) is 26.5 Å². The monoisotopic (exact) mass is 610 g/mol. The van der Waals surface area contributed by atoms with Crippen LogP contribution in [0.3, 0.4) is 0 Å². The Labute approximate surface area is 423 Å². The summed E-state index contributed by atoms with van der Waals surface area (Å²) in [6, 6.07) is 0. The minimum Gasteiger partial charge on any atom is -0.764 e. The second kappa shape index (κ2) is 90.5. The van der Waals surface area contributed by atoms with Crippen molar-refractivity contribution in [2.24, 2.45) is 0 Å². The van der Waals surface area contributed by atoms with Crippen LogP contribution in [0.15, 0.2) is 0 Å². The molecule has 0 rings (SSSR count). The zero-order valence-corrected chi connectivity index (χ0v) is 42.7. The van der Waals surface area contributed by atoms with Gasteiger partial charge in [0.15, 0.2) is 0 Å². The summed E-state index contributed by atoms with van der Waals surface area (Å²) in [4.78, 5) is 43.5. The van der Waals surface area contributed by atoms with Gasteiger partial charge in [-0.2, -0.15) is 0 Å². The Morgan fingerprint density at radius 1 is 0.300 bits per heavy atom.